The van der Waals surface area contributed by atoms with Crippen molar-refractivity contribution in [1.29, 1.82) is 0 Å². The summed E-state index contributed by atoms with van der Waals surface area (Å²) < 4.78 is 28.3. The summed E-state index contributed by atoms with van der Waals surface area (Å²) >= 11 is 13.6. The van der Waals surface area contributed by atoms with Crippen molar-refractivity contribution < 1.29 is 13.2 Å². The predicted molar refractivity (Wildman–Crippen MR) is 117 cm³/mol. The maximum absolute atomic E-state index is 13.1. The van der Waals surface area contributed by atoms with Crippen LogP contribution in [0.15, 0.2) is 23.1 Å². The van der Waals surface area contributed by atoms with Crippen molar-refractivity contribution in [3.8, 4) is 0 Å². The first-order valence-corrected chi connectivity index (χ1v) is 12.7. The summed E-state index contributed by atoms with van der Waals surface area (Å²) in [5, 5.41) is 0.335. The second kappa shape index (κ2) is 10.5. The number of benzene rings is 1. The molecule has 1 aliphatic rings. The molecule has 1 unspecified atom stereocenters. The highest BCUT2D eigenvalue weighted by Gasteiger charge is 2.32. The summed E-state index contributed by atoms with van der Waals surface area (Å²) in [6.07, 6.45) is 4.08. The normalized spacial score (nSPS) is 17.1. The van der Waals surface area contributed by atoms with E-state index >= 15 is 0 Å². The van der Waals surface area contributed by atoms with Crippen molar-refractivity contribution in [2.24, 2.45) is 0 Å². The predicted octanol–water partition coefficient (Wildman–Crippen LogP) is 2.95. The average Bonchev–Trinajstić information content (AvgIpc) is 2.66. The lowest BCUT2D eigenvalue weighted by molar-refractivity contribution is -0.134. The fraction of sp³-hybridized carbons (Fsp3) is 0.611. The molecule has 1 fully saturated rings. The van der Waals surface area contributed by atoms with E-state index < -0.39 is 16.1 Å². The van der Waals surface area contributed by atoms with E-state index in [1.807, 2.05) is 20.4 Å². The Bertz CT molecular complexity index is 782. The van der Waals surface area contributed by atoms with E-state index in [-0.39, 0.29) is 20.8 Å². The van der Waals surface area contributed by atoms with Gasteiger partial charge in [-0.25, -0.2) is 8.42 Å². The van der Waals surface area contributed by atoms with Gasteiger partial charge in [0.1, 0.15) is 10.9 Å². The molecule has 1 aliphatic heterocycles. The van der Waals surface area contributed by atoms with Crippen molar-refractivity contribution in [2.45, 2.75) is 36.2 Å². The van der Waals surface area contributed by atoms with Crippen LogP contribution in [0.5, 0.6) is 0 Å². The minimum atomic E-state index is -3.98. The third-order valence-electron chi connectivity index (χ3n) is 4.90. The standard InChI is InChI=1S/C18H27Cl2N3O3S2/c1-22(2)14-6-9-23(10-7-14)18(24)16(8-11-27-3)21-28(25,26)17-12-13(19)4-5-15(17)20/h4-5,12,14,16,21H,6-11H2,1-3H3. The minimum absolute atomic E-state index is 0.0692. The molecule has 1 saturated heterocycles. The fourth-order valence-corrected chi connectivity index (χ4v) is 5.68. The van der Waals surface area contributed by atoms with E-state index in [4.69, 9.17) is 23.2 Å². The van der Waals surface area contributed by atoms with E-state index in [2.05, 4.69) is 9.62 Å². The number of halogens is 2. The van der Waals surface area contributed by atoms with Crippen molar-refractivity contribution in [3.63, 3.8) is 0 Å². The molecule has 158 valence electrons. The van der Waals surface area contributed by atoms with Crippen LogP contribution >= 0.6 is 35.0 Å². The lowest BCUT2D eigenvalue weighted by atomic mass is 10.0. The molecule has 1 aromatic rings. The van der Waals surface area contributed by atoms with Gasteiger partial charge in [0.15, 0.2) is 0 Å². The van der Waals surface area contributed by atoms with Gasteiger partial charge in [0.05, 0.1) is 5.02 Å². The molecule has 1 heterocycles. The summed E-state index contributed by atoms with van der Waals surface area (Å²) in [5.74, 6) is 0.476. The molecule has 1 atom stereocenters. The molecule has 0 bridgehead atoms. The number of likely N-dealkylation sites (tertiary alicyclic amines) is 1. The van der Waals surface area contributed by atoms with Crippen LogP contribution in [-0.2, 0) is 14.8 Å². The number of nitrogens with zero attached hydrogens (tertiary/aromatic N) is 2. The van der Waals surface area contributed by atoms with Crippen LogP contribution in [-0.4, -0.2) is 75.4 Å². The van der Waals surface area contributed by atoms with E-state index in [0.29, 0.717) is 31.3 Å². The van der Waals surface area contributed by atoms with Crippen molar-refractivity contribution in [2.75, 3.05) is 39.2 Å². The van der Waals surface area contributed by atoms with Gasteiger partial charge in [-0.3, -0.25) is 4.79 Å². The molecule has 0 aromatic heterocycles. The van der Waals surface area contributed by atoms with Crippen LogP contribution < -0.4 is 4.72 Å². The zero-order valence-corrected chi connectivity index (χ0v) is 19.5. The summed E-state index contributed by atoms with van der Waals surface area (Å²) in [5.41, 5.74) is 0. The van der Waals surface area contributed by atoms with Crippen molar-refractivity contribution in [3.05, 3.63) is 28.2 Å². The zero-order chi connectivity index (χ0) is 20.9. The van der Waals surface area contributed by atoms with Gasteiger partial charge in [-0.2, -0.15) is 16.5 Å². The first-order chi connectivity index (χ1) is 13.2. The number of amides is 1. The summed E-state index contributed by atoms with van der Waals surface area (Å²) in [4.78, 5) is 16.9. The van der Waals surface area contributed by atoms with Crippen LogP contribution in [0.3, 0.4) is 0 Å². The summed E-state index contributed by atoms with van der Waals surface area (Å²) in [7, 11) is 0.0857. The zero-order valence-electron chi connectivity index (χ0n) is 16.3. The molecule has 1 amide bonds. The molecule has 6 nitrogen and oxygen atoms in total. The first kappa shape index (κ1) is 23.8. The highest BCUT2D eigenvalue weighted by atomic mass is 35.5. The molecule has 2 rings (SSSR count). The Morgan fingerprint density at radius 1 is 1.32 bits per heavy atom. The number of nitrogens with one attached hydrogen (secondary N) is 1. The second-order valence-corrected chi connectivity index (χ2v) is 10.6. The summed E-state index contributed by atoms with van der Waals surface area (Å²) in [6.45, 7) is 1.24. The lowest BCUT2D eigenvalue weighted by Gasteiger charge is -2.36. The van der Waals surface area contributed by atoms with Crippen LogP contribution in [0.4, 0.5) is 0 Å². The Labute approximate surface area is 182 Å². The lowest BCUT2D eigenvalue weighted by Crippen LogP contribution is -2.52. The van der Waals surface area contributed by atoms with Gasteiger partial charge < -0.3 is 9.80 Å². The van der Waals surface area contributed by atoms with Crippen LogP contribution in [0.2, 0.25) is 10.0 Å². The molecular weight excluding hydrogens is 441 g/mol. The molecule has 0 spiro atoms. The molecule has 10 heteroatoms. The highest BCUT2D eigenvalue weighted by Crippen LogP contribution is 2.25. The quantitative estimate of drug-likeness (QED) is 0.636. The van der Waals surface area contributed by atoms with Gasteiger partial charge in [0.25, 0.3) is 0 Å². The highest BCUT2D eigenvalue weighted by molar-refractivity contribution is 7.98. The molecule has 1 N–H and O–H groups in total. The Kier molecular flexibility index (Phi) is 8.91. The number of hydrogen-bond donors (Lipinski definition) is 1. The molecule has 28 heavy (non-hydrogen) atoms. The van der Waals surface area contributed by atoms with Crippen LogP contribution in [0, 0.1) is 0 Å². The number of sulfonamides is 1. The average molecular weight is 468 g/mol. The van der Waals surface area contributed by atoms with E-state index in [9.17, 15) is 13.2 Å². The van der Waals surface area contributed by atoms with Crippen LogP contribution in [0.1, 0.15) is 19.3 Å². The SMILES string of the molecule is CSCCC(NS(=O)(=O)c1cc(Cl)ccc1Cl)C(=O)N1CCC(N(C)C)CC1. The first-order valence-electron chi connectivity index (χ1n) is 9.07. The Morgan fingerprint density at radius 3 is 2.54 bits per heavy atom. The van der Waals surface area contributed by atoms with Gasteiger partial charge in [-0.05, 0) is 63.6 Å². The smallest absolute Gasteiger partial charge is 0.242 e. The van der Waals surface area contributed by atoms with Gasteiger partial charge in [-0.1, -0.05) is 23.2 Å². The number of carbonyl (C=O) groups is 1. The molecule has 0 aliphatic carbocycles. The molecule has 0 radical (unpaired) electrons. The van der Waals surface area contributed by atoms with Gasteiger partial charge in [-0.15, -0.1) is 0 Å². The minimum Gasteiger partial charge on any atom is -0.341 e. The van der Waals surface area contributed by atoms with E-state index in [1.54, 1.807) is 16.7 Å². The van der Waals surface area contributed by atoms with Crippen LogP contribution in [0.25, 0.3) is 0 Å². The molecule has 1 aromatic carbocycles. The monoisotopic (exact) mass is 467 g/mol. The fourth-order valence-electron chi connectivity index (χ4n) is 3.23. The number of thioether (sulfide) groups is 1. The Hall–Kier alpha value is -0.510. The third-order valence-corrected chi connectivity index (χ3v) is 7.73. The number of piperidine rings is 1. The van der Waals surface area contributed by atoms with Gasteiger partial charge in [0, 0.05) is 24.2 Å². The van der Waals surface area contributed by atoms with Gasteiger partial charge >= 0.3 is 0 Å². The van der Waals surface area contributed by atoms with E-state index in [0.717, 1.165) is 12.8 Å². The topological polar surface area (TPSA) is 69.7 Å². The van der Waals surface area contributed by atoms with Crippen molar-refractivity contribution in [1.82, 2.24) is 14.5 Å². The second-order valence-electron chi connectivity index (χ2n) is 7.05. The largest absolute Gasteiger partial charge is 0.341 e. The number of rotatable bonds is 8. The maximum Gasteiger partial charge on any atom is 0.242 e. The third kappa shape index (κ3) is 6.24. The number of carbonyl (C=O) groups excluding carboxylic acids is 1. The van der Waals surface area contributed by atoms with E-state index in [1.165, 1.54) is 18.2 Å². The Balaban J connectivity index is 2.16. The Morgan fingerprint density at radius 2 is 1.96 bits per heavy atom. The van der Waals surface area contributed by atoms with Crippen molar-refractivity contribution >= 4 is 50.9 Å². The maximum atomic E-state index is 13.1. The number of hydrogen-bond acceptors (Lipinski definition) is 5. The molecular formula is C18H27Cl2N3O3S2. The molecule has 0 saturated carbocycles. The summed E-state index contributed by atoms with van der Waals surface area (Å²) in [6, 6.07) is 3.86. The van der Waals surface area contributed by atoms with Gasteiger partial charge in [0.2, 0.25) is 15.9 Å².